The fourth-order valence-corrected chi connectivity index (χ4v) is 4.71. The van der Waals surface area contributed by atoms with Crippen molar-refractivity contribution < 1.29 is 4.79 Å². The van der Waals surface area contributed by atoms with Gasteiger partial charge in [-0.2, -0.15) is 0 Å². The van der Waals surface area contributed by atoms with Gasteiger partial charge in [0.2, 0.25) is 0 Å². The average Bonchev–Trinajstić information content (AvgIpc) is 2.86. The van der Waals surface area contributed by atoms with Gasteiger partial charge in [0.05, 0.1) is 10.7 Å². The predicted molar refractivity (Wildman–Crippen MR) is 145 cm³/mol. The molecule has 1 heterocycles. The molecule has 4 rings (SSSR count). The maximum absolute atomic E-state index is 12.2. The zero-order chi connectivity index (χ0) is 23.9. The Hall–Kier alpha value is -3.16. The quantitative estimate of drug-likeness (QED) is 0.337. The SMILES string of the molecule is CN(c1ccc(NC(=S)Nc2ccc(NC(=O)c3ccccn3)cc2)cc1Cl)C1CCCCC1. The molecule has 1 aliphatic carbocycles. The molecule has 1 aromatic heterocycles. The van der Waals surface area contributed by atoms with Crippen molar-refractivity contribution in [2.24, 2.45) is 0 Å². The minimum atomic E-state index is -0.257. The van der Waals surface area contributed by atoms with Crippen LogP contribution in [0.3, 0.4) is 0 Å². The minimum Gasteiger partial charge on any atom is -0.370 e. The van der Waals surface area contributed by atoms with Crippen molar-refractivity contribution in [3.63, 3.8) is 0 Å². The van der Waals surface area contributed by atoms with Crippen LogP contribution in [0, 0.1) is 0 Å². The summed E-state index contributed by atoms with van der Waals surface area (Å²) in [5.74, 6) is -0.257. The van der Waals surface area contributed by atoms with Crippen LogP contribution in [-0.4, -0.2) is 29.1 Å². The maximum atomic E-state index is 12.2. The number of nitrogens with zero attached hydrogens (tertiary/aromatic N) is 2. The third kappa shape index (κ3) is 6.24. The molecule has 1 aliphatic rings. The van der Waals surface area contributed by atoms with Gasteiger partial charge in [-0.1, -0.05) is 36.9 Å². The van der Waals surface area contributed by atoms with Crippen molar-refractivity contribution in [3.05, 3.63) is 77.6 Å². The summed E-state index contributed by atoms with van der Waals surface area (Å²) >= 11 is 12.1. The summed E-state index contributed by atoms with van der Waals surface area (Å²) in [5.41, 5.74) is 3.70. The fourth-order valence-electron chi connectivity index (χ4n) is 4.16. The molecule has 0 aliphatic heterocycles. The third-order valence-corrected chi connectivity index (χ3v) is 6.51. The van der Waals surface area contributed by atoms with Gasteiger partial charge >= 0.3 is 0 Å². The highest BCUT2D eigenvalue weighted by molar-refractivity contribution is 7.80. The topological polar surface area (TPSA) is 69.3 Å². The molecule has 2 aromatic carbocycles. The molecule has 1 fully saturated rings. The van der Waals surface area contributed by atoms with Gasteiger partial charge in [-0.05, 0) is 79.7 Å². The number of anilines is 4. The second-order valence-corrected chi connectivity index (χ2v) is 9.21. The van der Waals surface area contributed by atoms with Crippen molar-refractivity contribution >= 4 is 57.6 Å². The van der Waals surface area contributed by atoms with Crippen LogP contribution in [0.4, 0.5) is 22.7 Å². The number of thiocarbonyl (C=S) groups is 1. The van der Waals surface area contributed by atoms with Gasteiger partial charge in [0, 0.05) is 36.3 Å². The predicted octanol–water partition coefficient (Wildman–Crippen LogP) is 6.57. The Balaban J connectivity index is 1.31. The van der Waals surface area contributed by atoms with Gasteiger partial charge in [0.25, 0.3) is 5.91 Å². The first-order chi connectivity index (χ1) is 16.5. The Labute approximate surface area is 210 Å². The van der Waals surface area contributed by atoms with Gasteiger partial charge < -0.3 is 20.9 Å². The van der Waals surface area contributed by atoms with E-state index in [0.29, 0.717) is 27.6 Å². The molecule has 1 amide bonds. The zero-order valence-electron chi connectivity index (χ0n) is 19.1. The Morgan fingerprint density at radius 3 is 2.24 bits per heavy atom. The van der Waals surface area contributed by atoms with Crippen LogP contribution in [0.1, 0.15) is 42.6 Å². The lowest BCUT2D eigenvalue weighted by Crippen LogP contribution is -2.33. The normalized spacial score (nSPS) is 13.7. The van der Waals surface area contributed by atoms with Gasteiger partial charge in [-0.3, -0.25) is 9.78 Å². The Morgan fingerprint density at radius 1 is 0.941 bits per heavy atom. The molecule has 0 radical (unpaired) electrons. The summed E-state index contributed by atoms with van der Waals surface area (Å²) in [7, 11) is 2.12. The molecule has 8 heteroatoms. The Morgan fingerprint density at radius 2 is 1.59 bits per heavy atom. The van der Waals surface area contributed by atoms with Gasteiger partial charge in [0.15, 0.2) is 5.11 Å². The molecule has 6 nitrogen and oxygen atoms in total. The van der Waals surface area contributed by atoms with Crippen LogP contribution >= 0.6 is 23.8 Å². The van der Waals surface area contributed by atoms with Crippen LogP contribution in [0.5, 0.6) is 0 Å². The molecular formula is C26H28ClN5OS. The smallest absolute Gasteiger partial charge is 0.274 e. The number of benzene rings is 2. The van der Waals surface area contributed by atoms with Crippen LogP contribution in [0.15, 0.2) is 66.9 Å². The summed E-state index contributed by atoms with van der Waals surface area (Å²) in [4.78, 5) is 18.6. The second-order valence-electron chi connectivity index (χ2n) is 8.39. The molecule has 0 atom stereocenters. The molecule has 1 saturated carbocycles. The number of hydrogen-bond acceptors (Lipinski definition) is 4. The van der Waals surface area contributed by atoms with Crippen molar-refractivity contribution in [1.82, 2.24) is 4.98 Å². The Kier molecular flexibility index (Phi) is 7.98. The van der Waals surface area contributed by atoms with E-state index >= 15 is 0 Å². The lowest BCUT2D eigenvalue weighted by Gasteiger charge is -2.33. The van der Waals surface area contributed by atoms with E-state index in [-0.39, 0.29) is 5.91 Å². The van der Waals surface area contributed by atoms with E-state index < -0.39 is 0 Å². The number of amides is 1. The molecule has 3 N–H and O–H groups in total. The van der Waals surface area contributed by atoms with Crippen LogP contribution < -0.4 is 20.9 Å². The van der Waals surface area contributed by atoms with E-state index in [2.05, 4.69) is 32.9 Å². The molecule has 0 unspecified atom stereocenters. The lowest BCUT2D eigenvalue weighted by molar-refractivity contribution is 0.102. The lowest BCUT2D eigenvalue weighted by atomic mass is 9.94. The van der Waals surface area contributed by atoms with Crippen molar-refractivity contribution in [2.75, 3.05) is 27.9 Å². The number of nitrogens with one attached hydrogen (secondary N) is 3. The highest BCUT2D eigenvalue weighted by Gasteiger charge is 2.20. The first-order valence-electron chi connectivity index (χ1n) is 11.4. The Bertz CT molecular complexity index is 1130. The van der Waals surface area contributed by atoms with Gasteiger partial charge in [-0.25, -0.2) is 0 Å². The average molecular weight is 494 g/mol. The molecular weight excluding hydrogens is 466 g/mol. The summed E-state index contributed by atoms with van der Waals surface area (Å²) in [5, 5.41) is 10.3. The van der Waals surface area contributed by atoms with E-state index in [9.17, 15) is 4.79 Å². The third-order valence-electron chi connectivity index (χ3n) is 6.01. The standard InChI is InChI=1S/C26H28ClN5OS/c1-32(21-7-3-2-4-8-21)24-15-14-20(17-22(24)27)31-26(34)30-19-12-10-18(11-13-19)29-25(33)23-9-5-6-16-28-23/h5-6,9-17,21H,2-4,7-8H2,1H3,(H,29,33)(H2,30,31,34). The number of carbonyl (C=O) groups excluding carboxylic acids is 1. The highest BCUT2D eigenvalue weighted by atomic mass is 35.5. The van der Waals surface area contributed by atoms with E-state index in [1.807, 2.05) is 30.3 Å². The molecule has 34 heavy (non-hydrogen) atoms. The fraction of sp³-hybridized carbons (Fsp3) is 0.269. The van der Waals surface area contributed by atoms with Crippen molar-refractivity contribution in [1.29, 1.82) is 0 Å². The van der Waals surface area contributed by atoms with E-state index in [1.54, 1.807) is 36.5 Å². The molecule has 0 bridgehead atoms. The summed E-state index contributed by atoms with van der Waals surface area (Å²) in [6.45, 7) is 0. The second kappa shape index (κ2) is 11.3. The summed E-state index contributed by atoms with van der Waals surface area (Å²) in [6, 6.07) is 19.0. The summed E-state index contributed by atoms with van der Waals surface area (Å²) in [6.07, 6.45) is 7.91. The first kappa shape index (κ1) is 24.0. The van der Waals surface area contributed by atoms with Crippen molar-refractivity contribution in [3.8, 4) is 0 Å². The first-order valence-corrected chi connectivity index (χ1v) is 12.2. The molecule has 0 spiro atoms. The van der Waals surface area contributed by atoms with E-state index in [1.165, 1.54) is 32.1 Å². The largest absolute Gasteiger partial charge is 0.370 e. The summed E-state index contributed by atoms with van der Waals surface area (Å²) < 4.78 is 0. The van der Waals surface area contributed by atoms with Gasteiger partial charge in [-0.15, -0.1) is 0 Å². The molecule has 3 aromatic rings. The maximum Gasteiger partial charge on any atom is 0.274 e. The number of rotatable bonds is 6. The number of pyridine rings is 1. The number of hydrogen-bond donors (Lipinski definition) is 3. The van der Waals surface area contributed by atoms with E-state index in [4.69, 9.17) is 23.8 Å². The van der Waals surface area contributed by atoms with Crippen LogP contribution in [0.25, 0.3) is 0 Å². The van der Waals surface area contributed by atoms with Crippen LogP contribution in [0.2, 0.25) is 5.02 Å². The number of aromatic nitrogens is 1. The molecule has 0 saturated heterocycles. The number of halogens is 1. The van der Waals surface area contributed by atoms with Crippen molar-refractivity contribution in [2.45, 2.75) is 38.1 Å². The highest BCUT2D eigenvalue weighted by Crippen LogP contribution is 2.33. The van der Waals surface area contributed by atoms with E-state index in [0.717, 1.165) is 17.1 Å². The number of carbonyl (C=O) groups is 1. The van der Waals surface area contributed by atoms with Crippen LogP contribution in [-0.2, 0) is 0 Å². The van der Waals surface area contributed by atoms with Gasteiger partial charge in [0.1, 0.15) is 5.69 Å². The minimum absolute atomic E-state index is 0.257. The molecule has 176 valence electrons. The monoisotopic (exact) mass is 493 g/mol. The zero-order valence-corrected chi connectivity index (χ0v) is 20.6.